The summed E-state index contributed by atoms with van der Waals surface area (Å²) in [5.74, 6) is 0. The number of rotatable bonds is 5. The van der Waals surface area contributed by atoms with Crippen molar-refractivity contribution in [1.29, 1.82) is 0 Å². The summed E-state index contributed by atoms with van der Waals surface area (Å²) < 4.78 is 22.6. The van der Waals surface area contributed by atoms with Crippen LogP contribution in [-0.4, -0.2) is 39.2 Å². The zero-order valence-corrected chi connectivity index (χ0v) is 12.6. The summed E-state index contributed by atoms with van der Waals surface area (Å²) in [5.41, 5.74) is 6.79. The van der Waals surface area contributed by atoms with E-state index in [0.29, 0.717) is 4.90 Å². The first-order valence-electron chi connectivity index (χ1n) is 5.52. The zero-order chi connectivity index (χ0) is 13.1. The second-order valence-corrected chi connectivity index (χ2v) is 6.61. The van der Waals surface area contributed by atoms with Gasteiger partial charge in [-0.25, -0.2) is 8.42 Å². The van der Waals surface area contributed by atoms with Gasteiger partial charge in [0.2, 0.25) is 0 Å². The monoisotopic (exact) mass is 292 g/mol. The topological polar surface area (TPSA) is 63.4 Å². The van der Waals surface area contributed by atoms with Gasteiger partial charge in [0.25, 0.3) is 0 Å². The molecule has 0 aromatic heterocycles. The molecule has 1 aromatic carbocycles. The van der Waals surface area contributed by atoms with Gasteiger partial charge in [-0.3, -0.25) is 0 Å². The highest BCUT2D eigenvalue weighted by Crippen LogP contribution is 2.11. The van der Waals surface area contributed by atoms with Crippen LogP contribution in [0.25, 0.3) is 0 Å². The standard InChI is InChI=1S/C12H20N2O2S.ClH/c1-10(13)8-14(2)9-11-4-6-12(7-5-11)17(3,15)16;/h4-7,10H,8-9,13H2,1-3H3;1H. The summed E-state index contributed by atoms with van der Waals surface area (Å²) in [5, 5.41) is 0. The molecule has 0 saturated heterocycles. The van der Waals surface area contributed by atoms with Crippen molar-refractivity contribution in [2.45, 2.75) is 24.4 Å². The van der Waals surface area contributed by atoms with E-state index in [-0.39, 0.29) is 18.4 Å². The van der Waals surface area contributed by atoms with E-state index in [1.54, 1.807) is 12.1 Å². The summed E-state index contributed by atoms with van der Waals surface area (Å²) in [6, 6.07) is 7.10. The lowest BCUT2D eigenvalue weighted by atomic mass is 10.2. The van der Waals surface area contributed by atoms with E-state index in [2.05, 4.69) is 4.90 Å². The van der Waals surface area contributed by atoms with Crippen LogP contribution in [0.1, 0.15) is 12.5 Å². The summed E-state index contributed by atoms with van der Waals surface area (Å²) in [6.45, 7) is 3.54. The second kappa shape index (κ2) is 7.09. The molecule has 0 aliphatic heterocycles. The quantitative estimate of drug-likeness (QED) is 0.888. The van der Waals surface area contributed by atoms with E-state index in [4.69, 9.17) is 5.73 Å². The Morgan fingerprint density at radius 2 is 1.78 bits per heavy atom. The largest absolute Gasteiger partial charge is 0.327 e. The Morgan fingerprint density at radius 1 is 1.28 bits per heavy atom. The third kappa shape index (κ3) is 5.82. The molecule has 0 fully saturated rings. The molecule has 1 unspecified atom stereocenters. The van der Waals surface area contributed by atoms with Gasteiger partial charge in [0.05, 0.1) is 4.90 Å². The maximum atomic E-state index is 11.3. The van der Waals surface area contributed by atoms with Gasteiger partial charge in [0.1, 0.15) is 0 Å². The molecule has 2 N–H and O–H groups in total. The van der Waals surface area contributed by atoms with E-state index in [9.17, 15) is 8.42 Å². The minimum Gasteiger partial charge on any atom is -0.327 e. The molecule has 0 heterocycles. The van der Waals surface area contributed by atoms with Crippen molar-refractivity contribution in [2.24, 2.45) is 5.73 Å². The van der Waals surface area contributed by atoms with Gasteiger partial charge in [-0.05, 0) is 31.7 Å². The molecule has 0 bridgehead atoms. The van der Waals surface area contributed by atoms with E-state index in [1.165, 1.54) is 6.26 Å². The minimum atomic E-state index is -3.10. The molecule has 18 heavy (non-hydrogen) atoms. The van der Waals surface area contributed by atoms with Crippen LogP contribution in [0, 0.1) is 0 Å². The second-order valence-electron chi connectivity index (χ2n) is 4.59. The summed E-state index contributed by atoms with van der Waals surface area (Å²) in [6.07, 6.45) is 1.21. The number of sulfone groups is 1. The van der Waals surface area contributed by atoms with E-state index in [1.807, 2.05) is 26.1 Å². The number of likely N-dealkylation sites (N-methyl/N-ethyl adjacent to an activating group) is 1. The number of nitrogens with two attached hydrogens (primary N) is 1. The first-order valence-corrected chi connectivity index (χ1v) is 7.41. The Balaban J connectivity index is 0.00000289. The predicted octanol–water partition coefficient (Wildman–Crippen LogP) is 1.29. The summed E-state index contributed by atoms with van der Waals surface area (Å²) >= 11 is 0. The lowest BCUT2D eigenvalue weighted by Gasteiger charge is -2.18. The molecule has 0 spiro atoms. The molecule has 6 heteroatoms. The van der Waals surface area contributed by atoms with Gasteiger partial charge < -0.3 is 10.6 Å². The maximum Gasteiger partial charge on any atom is 0.175 e. The molecule has 0 aliphatic carbocycles. The Kier molecular flexibility index (Phi) is 6.84. The van der Waals surface area contributed by atoms with Crippen molar-refractivity contribution in [3.05, 3.63) is 29.8 Å². The van der Waals surface area contributed by atoms with Crippen LogP contribution < -0.4 is 5.73 Å². The normalized spacial score (nSPS) is 13.2. The zero-order valence-electron chi connectivity index (χ0n) is 11.0. The third-order valence-electron chi connectivity index (χ3n) is 2.40. The molecule has 1 aromatic rings. The number of hydrogen-bond donors (Lipinski definition) is 1. The van der Waals surface area contributed by atoms with Crippen molar-refractivity contribution in [3.63, 3.8) is 0 Å². The molecular weight excluding hydrogens is 272 g/mol. The van der Waals surface area contributed by atoms with Gasteiger partial charge >= 0.3 is 0 Å². The first-order chi connectivity index (χ1) is 7.79. The van der Waals surface area contributed by atoms with E-state index >= 15 is 0 Å². The summed E-state index contributed by atoms with van der Waals surface area (Å²) in [4.78, 5) is 2.47. The Hall–Kier alpha value is -0.620. The Labute approximate surface area is 115 Å². The highest BCUT2D eigenvalue weighted by Gasteiger charge is 2.07. The minimum absolute atomic E-state index is 0. The molecule has 0 aliphatic rings. The smallest absolute Gasteiger partial charge is 0.175 e. The van der Waals surface area contributed by atoms with Crippen molar-refractivity contribution < 1.29 is 8.42 Å². The first kappa shape index (κ1) is 17.4. The molecular formula is C12H21ClN2O2S. The predicted molar refractivity (Wildman–Crippen MR) is 76.8 cm³/mol. The van der Waals surface area contributed by atoms with Gasteiger partial charge in [-0.1, -0.05) is 12.1 Å². The van der Waals surface area contributed by atoms with E-state index in [0.717, 1.165) is 18.7 Å². The molecule has 1 rings (SSSR count). The Morgan fingerprint density at radius 3 is 2.17 bits per heavy atom. The third-order valence-corrected chi connectivity index (χ3v) is 3.53. The van der Waals surface area contributed by atoms with Crippen molar-refractivity contribution in [2.75, 3.05) is 19.8 Å². The SMILES string of the molecule is CC(N)CN(C)Cc1ccc(S(C)(=O)=O)cc1.Cl. The molecule has 1 atom stereocenters. The maximum absolute atomic E-state index is 11.3. The fourth-order valence-electron chi connectivity index (χ4n) is 1.71. The van der Waals surface area contributed by atoms with Crippen LogP contribution in [-0.2, 0) is 16.4 Å². The van der Waals surface area contributed by atoms with E-state index < -0.39 is 9.84 Å². The number of hydrogen-bond acceptors (Lipinski definition) is 4. The van der Waals surface area contributed by atoms with Crippen LogP contribution in [0.2, 0.25) is 0 Å². The van der Waals surface area contributed by atoms with Gasteiger partial charge in [-0.2, -0.15) is 0 Å². The van der Waals surface area contributed by atoms with Gasteiger partial charge in [-0.15, -0.1) is 12.4 Å². The number of halogens is 1. The fourth-order valence-corrected chi connectivity index (χ4v) is 2.34. The number of nitrogens with zero attached hydrogens (tertiary/aromatic N) is 1. The van der Waals surface area contributed by atoms with Gasteiger partial charge in [0, 0.05) is 25.4 Å². The summed E-state index contributed by atoms with van der Waals surface area (Å²) in [7, 11) is -1.11. The van der Waals surface area contributed by atoms with Crippen LogP contribution in [0.15, 0.2) is 29.2 Å². The highest BCUT2D eigenvalue weighted by atomic mass is 35.5. The molecule has 4 nitrogen and oxygen atoms in total. The van der Waals surface area contributed by atoms with Gasteiger partial charge in [0.15, 0.2) is 9.84 Å². The molecule has 104 valence electrons. The lowest BCUT2D eigenvalue weighted by molar-refractivity contribution is 0.310. The molecule has 0 saturated carbocycles. The van der Waals surface area contributed by atoms with Crippen LogP contribution in [0.3, 0.4) is 0 Å². The van der Waals surface area contributed by atoms with Crippen molar-refractivity contribution in [3.8, 4) is 0 Å². The van der Waals surface area contributed by atoms with Crippen LogP contribution >= 0.6 is 12.4 Å². The Bertz CT molecular complexity index is 457. The molecule has 0 amide bonds. The fraction of sp³-hybridized carbons (Fsp3) is 0.500. The average molecular weight is 293 g/mol. The average Bonchev–Trinajstić information content (AvgIpc) is 2.15. The lowest BCUT2D eigenvalue weighted by Crippen LogP contribution is -2.32. The number of benzene rings is 1. The highest BCUT2D eigenvalue weighted by molar-refractivity contribution is 7.90. The van der Waals surface area contributed by atoms with Crippen molar-refractivity contribution in [1.82, 2.24) is 4.90 Å². The van der Waals surface area contributed by atoms with Crippen LogP contribution in [0.4, 0.5) is 0 Å². The van der Waals surface area contributed by atoms with Crippen LogP contribution in [0.5, 0.6) is 0 Å². The molecule has 0 radical (unpaired) electrons. The van der Waals surface area contributed by atoms with Crippen molar-refractivity contribution >= 4 is 22.2 Å².